The van der Waals surface area contributed by atoms with Crippen LogP contribution in [0, 0.1) is 6.92 Å². The van der Waals surface area contributed by atoms with Gasteiger partial charge in [-0.1, -0.05) is 54.1 Å². The lowest BCUT2D eigenvalue weighted by atomic mass is 10.0. The molecule has 0 spiro atoms. The maximum Gasteiger partial charge on any atom is 0.243 e. The van der Waals surface area contributed by atoms with Gasteiger partial charge in [-0.3, -0.25) is 0 Å². The van der Waals surface area contributed by atoms with Crippen molar-refractivity contribution in [2.75, 3.05) is 26.3 Å². The molecule has 0 radical (unpaired) electrons. The van der Waals surface area contributed by atoms with E-state index in [-0.39, 0.29) is 41.0 Å². The monoisotopic (exact) mass is 457 g/mol. The van der Waals surface area contributed by atoms with Crippen molar-refractivity contribution >= 4 is 19.9 Å². The van der Waals surface area contributed by atoms with Crippen molar-refractivity contribution in [3.63, 3.8) is 0 Å². The molecule has 2 aromatic carbocycles. The Labute approximate surface area is 183 Å². The molecular formula is C23H23NO5S2. The second kappa shape index (κ2) is 8.55. The summed E-state index contributed by atoms with van der Waals surface area (Å²) in [7, 11) is -7.40. The number of hydrogen-bond donors (Lipinski definition) is 0. The van der Waals surface area contributed by atoms with Crippen LogP contribution in [-0.4, -0.2) is 47.4 Å². The first kappa shape index (κ1) is 21.7. The summed E-state index contributed by atoms with van der Waals surface area (Å²) in [6.45, 7) is 2.38. The molecule has 0 unspecified atom stereocenters. The number of hydrogen-bond acceptors (Lipinski definition) is 5. The zero-order valence-electron chi connectivity index (χ0n) is 17.1. The zero-order valence-corrected chi connectivity index (χ0v) is 18.7. The SMILES string of the molecule is Cc1ccc(S(=O)(=O)N2C/C=C\C3=C(S(=O)(=O)c4ccccc4)COC/C3=C/C2)cc1. The normalized spacial score (nSPS) is 20.9. The van der Waals surface area contributed by atoms with Gasteiger partial charge in [0.05, 0.1) is 27.9 Å². The van der Waals surface area contributed by atoms with E-state index in [1.807, 2.05) is 6.92 Å². The number of nitrogens with zero attached hydrogens (tertiary/aromatic N) is 1. The van der Waals surface area contributed by atoms with Crippen molar-refractivity contribution in [2.24, 2.45) is 0 Å². The first-order valence-electron chi connectivity index (χ1n) is 9.84. The second-order valence-corrected chi connectivity index (χ2v) is 11.3. The van der Waals surface area contributed by atoms with Gasteiger partial charge in [0.1, 0.15) is 0 Å². The molecule has 0 atom stereocenters. The second-order valence-electron chi connectivity index (χ2n) is 7.41. The number of allylic oxidation sites excluding steroid dienone is 1. The Balaban J connectivity index is 1.70. The van der Waals surface area contributed by atoms with E-state index in [0.717, 1.165) is 5.56 Å². The van der Waals surface area contributed by atoms with E-state index in [4.69, 9.17) is 4.74 Å². The van der Waals surface area contributed by atoms with E-state index in [1.165, 1.54) is 4.31 Å². The van der Waals surface area contributed by atoms with Crippen LogP contribution < -0.4 is 0 Å². The Hall–Kier alpha value is -2.52. The minimum absolute atomic E-state index is 0.0143. The topological polar surface area (TPSA) is 80.8 Å². The molecule has 8 heteroatoms. The molecule has 0 aliphatic carbocycles. The van der Waals surface area contributed by atoms with Gasteiger partial charge in [-0.15, -0.1) is 0 Å². The fourth-order valence-electron chi connectivity index (χ4n) is 3.55. The van der Waals surface area contributed by atoms with Crippen LogP contribution >= 0.6 is 0 Å². The van der Waals surface area contributed by atoms with Crippen LogP contribution in [0.25, 0.3) is 0 Å². The molecule has 6 nitrogen and oxygen atoms in total. The van der Waals surface area contributed by atoms with Crippen LogP contribution in [0.5, 0.6) is 0 Å². The Morgan fingerprint density at radius 1 is 0.839 bits per heavy atom. The van der Waals surface area contributed by atoms with Crippen LogP contribution in [0.3, 0.4) is 0 Å². The lowest BCUT2D eigenvalue weighted by Crippen LogP contribution is -2.33. The molecular weight excluding hydrogens is 434 g/mol. The molecule has 2 aromatic rings. The molecule has 2 aliphatic rings. The summed E-state index contributed by atoms with van der Waals surface area (Å²) in [5.74, 6) is 0. The number of fused-ring (bicyclic) bond motifs is 1. The van der Waals surface area contributed by atoms with Crippen LogP contribution in [0.4, 0.5) is 0 Å². The molecule has 0 saturated carbocycles. The lowest BCUT2D eigenvalue weighted by Gasteiger charge is -2.26. The highest BCUT2D eigenvalue weighted by Crippen LogP contribution is 2.31. The Morgan fingerprint density at radius 2 is 1.55 bits per heavy atom. The summed E-state index contributed by atoms with van der Waals surface area (Å²) >= 11 is 0. The molecule has 162 valence electrons. The third-order valence-electron chi connectivity index (χ3n) is 5.31. The van der Waals surface area contributed by atoms with Crippen LogP contribution in [0.1, 0.15) is 5.56 Å². The van der Waals surface area contributed by atoms with Crippen LogP contribution in [0.15, 0.2) is 98.7 Å². The number of benzene rings is 2. The maximum absolute atomic E-state index is 13.2. The largest absolute Gasteiger partial charge is 0.371 e. The molecule has 0 saturated heterocycles. The summed E-state index contributed by atoms with van der Waals surface area (Å²) in [5.41, 5.74) is 2.23. The summed E-state index contributed by atoms with van der Waals surface area (Å²) < 4.78 is 59.4. The van der Waals surface area contributed by atoms with E-state index in [1.54, 1.807) is 72.8 Å². The van der Waals surface area contributed by atoms with Gasteiger partial charge in [-0.25, -0.2) is 16.8 Å². The third-order valence-corrected chi connectivity index (χ3v) is 9.03. The predicted molar refractivity (Wildman–Crippen MR) is 119 cm³/mol. The first-order valence-corrected chi connectivity index (χ1v) is 12.8. The highest BCUT2D eigenvalue weighted by molar-refractivity contribution is 7.95. The fraction of sp³-hybridized carbons (Fsp3) is 0.217. The molecule has 2 aliphatic heterocycles. The summed E-state index contributed by atoms with van der Waals surface area (Å²) in [6.07, 6.45) is 5.13. The summed E-state index contributed by atoms with van der Waals surface area (Å²) in [6, 6.07) is 15.0. The average molecular weight is 458 g/mol. The van der Waals surface area contributed by atoms with Crippen LogP contribution in [-0.2, 0) is 24.6 Å². The summed E-state index contributed by atoms with van der Waals surface area (Å²) in [5, 5.41) is 0. The molecule has 0 amide bonds. The van der Waals surface area contributed by atoms with Gasteiger partial charge in [0.15, 0.2) is 0 Å². The highest BCUT2D eigenvalue weighted by atomic mass is 32.2. The van der Waals surface area contributed by atoms with Gasteiger partial charge < -0.3 is 4.74 Å². The minimum atomic E-state index is -3.72. The van der Waals surface area contributed by atoms with Gasteiger partial charge in [-0.2, -0.15) is 4.31 Å². The smallest absolute Gasteiger partial charge is 0.243 e. The van der Waals surface area contributed by atoms with Gasteiger partial charge in [0.2, 0.25) is 19.9 Å². The fourth-order valence-corrected chi connectivity index (χ4v) is 6.41. The zero-order chi connectivity index (χ0) is 22.1. The molecule has 31 heavy (non-hydrogen) atoms. The van der Waals surface area contributed by atoms with Gasteiger partial charge in [0, 0.05) is 13.1 Å². The Bertz CT molecular complexity index is 1270. The number of aryl methyl sites for hydroxylation is 1. The molecule has 0 bridgehead atoms. The number of sulfone groups is 1. The Morgan fingerprint density at radius 3 is 2.26 bits per heavy atom. The number of sulfonamides is 1. The lowest BCUT2D eigenvalue weighted by molar-refractivity contribution is 0.177. The molecule has 0 fully saturated rings. The van der Waals surface area contributed by atoms with Crippen molar-refractivity contribution in [1.29, 1.82) is 0 Å². The maximum atomic E-state index is 13.2. The molecule has 4 rings (SSSR count). The van der Waals surface area contributed by atoms with Gasteiger partial charge in [-0.05, 0) is 42.3 Å². The molecule has 0 N–H and O–H groups in total. The standard InChI is InChI=1S/C23H23NO5S2/c1-18-9-11-21(12-10-18)31(27,28)24-14-5-8-22-19(13-15-24)16-29-17-23(22)30(25,26)20-6-3-2-4-7-20/h2-13H,14-17H2,1H3/b8-5-,19-13-. The minimum Gasteiger partial charge on any atom is -0.371 e. The van der Waals surface area contributed by atoms with E-state index < -0.39 is 19.9 Å². The quantitative estimate of drug-likeness (QED) is 0.704. The highest BCUT2D eigenvalue weighted by Gasteiger charge is 2.30. The predicted octanol–water partition coefficient (Wildman–Crippen LogP) is 3.24. The van der Waals surface area contributed by atoms with Crippen molar-refractivity contribution in [2.45, 2.75) is 16.7 Å². The van der Waals surface area contributed by atoms with Crippen LogP contribution in [0.2, 0.25) is 0 Å². The van der Waals surface area contributed by atoms with Crippen molar-refractivity contribution in [1.82, 2.24) is 4.31 Å². The molecule has 0 aromatic heterocycles. The number of rotatable bonds is 4. The Kier molecular flexibility index (Phi) is 5.98. The molecule has 2 heterocycles. The third kappa shape index (κ3) is 4.29. The van der Waals surface area contributed by atoms with E-state index in [9.17, 15) is 16.8 Å². The number of ether oxygens (including phenoxy) is 1. The van der Waals surface area contributed by atoms with Crippen molar-refractivity contribution in [3.05, 3.63) is 94.4 Å². The summed E-state index contributed by atoms with van der Waals surface area (Å²) in [4.78, 5) is 0.636. The van der Waals surface area contributed by atoms with Gasteiger partial charge in [0.25, 0.3) is 0 Å². The first-order chi connectivity index (χ1) is 14.8. The van der Waals surface area contributed by atoms with Gasteiger partial charge >= 0.3 is 0 Å². The van der Waals surface area contributed by atoms with E-state index in [0.29, 0.717) is 11.1 Å². The van der Waals surface area contributed by atoms with E-state index in [2.05, 4.69) is 0 Å². The van der Waals surface area contributed by atoms with Crippen molar-refractivity contribution < 1.29 is 21.6 Å². The van der Waals surface area contributed by atoms with Crippen molar-refractivity contribution in [3.8, 4) is 0 Å². The van der Waals surface area contributed by atoms with E-state index >= 15 is 0 Å². The average Bonchev–Trinajstić information content (AvgIpc) is 2.74.